The molecule has 0 aromatic heterocycles. The predicted molar refractivity (Wildman–Crippen MR) is 129 cm³/mol. The Balaban J connectivity index is 1.32. The average Bonchev–Trinajstić information content (AvgIpc) is 2.89. The number of amides is 2. The number of esters is 1. The van der Waals surface area contributed by atoms with Crippen LogP contribution in [0.3, 0.4) is 0 Å². The van der Waals surface area contributed by atoms with Gasteiger partial charge in [-0.2, -0.15) is 0 Å². The maximum atomic E-state index is 13.0. The molecule has 1 atom stereocenters. The number of anilines is 1. The summed E-state index contributed by atoms with van der Waals surface area (Å²) in [6.07, 6.45) is 0. The first-order chi connectivity index (χ1) is 17.3. The molecule has 182 valence electrons. The number of rotatable bonds is 8. The number of ether oxygens (including phenoxy) is 2. The summed E-state index contributed by atoms with van der Waals surface area (Å²) >= 11 is 0. The Morgan fingerprint density at radius 2 is 1.39 bits per heavy atom. The first kappa shape index (κ1) is 24.3. The third kappa shape index (κ3) is 5.30. The maximum Gasteiger partial charge on any atom is 0.328 e. The van der Waals surface area contributed by atoms with Gasteiger partial charge < -0.3 is 20.1 Å². The van der Waals surface area contributed by atoms with Crippen LogP contribution >= 0.6 is 0 Å². The first-order valence-electron chi connectivity index (χ1n) is 11.1. The van der Waals surface area contributed by atoms with Crippen molar-refractivity contribution in [2.45, 2.75) is 13.0 Å². The molecule has 2 N–H and O–H groups in total. The quantitative estimate of drug-likeness (QED) is 0.366. The van der Waals surface area contributed by atoms with Gasteiger partial charge in [0.2, 0.25) is 0 Å². The molecule has 0 heterocycles. The van der Waals surface area contributed by atoms with Crippen molar-refractivity contribution in [3.63, 3.8) is 0 Å². The minimum Gasteiger partial charge on any atom is -0.484 e. The van der Waals surface area contributed by atoms with E-state index in [1.807, 2.05) is 6.07 Å². The minimum absolute atomic E-state index is 0.0833. The molecule has 0 saturated heterocycles. The van der Waals surface area contributed by atoms with E-state index in [-0.39, 0.29) is 40.6 Å². The van der Waals surface area contributed by atoms with Crippen LogP contribution in [0, 0.1) is 0 Å². The second-order valence-electron chi connectivity index (χ2n) is 7.98. The van der Waals surface area contributed by atoms with Gasteiger partial charge in [0.05, 0.1) is 11.3 Å². The Bertz CT molecular complexity index is 1350. The fraction of sp³-hybridized carbons (Fsp3) is 0.148. The van der Waals surface area contributed by atoms with E-state index in [0.717, 1.165) is 0 Å². The van der Waals surface area contributed by atoms with Gasteiger partial charge in [-0.1, -0.05) is 54.6 Å². The van der Waals surface area contributed by atoms with Crippen LogP contribution in [0.15, 0.2) is 72.8 Å². The predicted octanol–water partition coefficient (Wildman–Crippen LogP) is 2.53. The highest BCUT2D eigenvalue weighted by atomic mass is 16.5. The molecule has 9 nitrogen and oxygen atoms in total. The van der Waals surface area contributed by atoms with Crippen LogP contribution < -0.4 is 15.4 Å². The number of hydrogen-bond donors (Lipinski definition) is 2. The Hall–Kier alpha value is -4.79. The lowest BCUT2D eigenvalue weighted by molar-refractivity contribution is -0.150. The molecule has 1 aliphatic carbocycles. The molecule has 0 radical (unpaired) electrons. The fourth-order valence-electron chi connectivity index (χ4n) is 3.70. The van der Waals surface area contributed by atoms with Crippen LogP contribution in [0.2, 0.25) is 0 Å². The van der Waals surface area contributed by atoms with Gasteiger partial charge in [-0.15, -0.1) is 0 Å². The van der Waals surface area contributed by atoms with Gasteiger partial charge in [-0.3, -0.25) is 19.2 Å². The van der Waals surface area contributed by atoms with Gasteiger partial charge in [0, 0.05) is 16.7 Å². The molecule has 4 rings (SSSR count). The van der Waals surface area contributed by atoms with E-state index < -0.39 is 30.4 Å². The minimum atomic E-state index is -1.02. The number of para-hydroxylation sites is 1. The largest absolute Gasteiger partial charge is 0.484 e. The summed E-state index contributed by atoms with van der Waals surface area (Å²) in [4.78, 5) is 62.5. The van der Waals surface area contributed by atoms with Gasteiger partial charge in [0.1, 0.15) is 11.8 Å². The van der Waals surface area contributed by atoms with E-state index in [2.05, 4.69) is 10.6 Å². The SMILES string of the molecule is C[C@H](NC(=O)COc1ccccc1)C(=O)OCC(=O)Nc1cccc2c1C(=O)c1ccccc1C2=O. The van der Waals surface area contributed by atoms with Crippen LogP contribution in [-0.4, -0.2) is 48.6 Å². The third-order valence-electron chi connectivity index (χ3n) is 5.42. The second-order valence-corrected chi connectivity index (χ2v) is 7.98. The lowest BCUT2D eigenvalue weighted by atomic mass is 9.83. The summed E-state index contributed by atoms with van der Waals surface area (Å²) in [7, 11) is 0. The molecule has 3 aromatic carbocycles. The van der Waals surface area contributed by atoms with Gasteiger partial charge in [0.25, 0.3) is 11.8 Å². The number of carbonyl (C=O) groups is 5. The normalized spacial score (nSPS) is 12.6. The average molecular weight is 486 g/mol. The summed E-state index contributed by atoms with van der Waals surface area (Å²) in [5.74, 6) is -2.26. The van der Waals surface area contributed by atoms with Gasteiger partial charge in [-0.05, 0) is 25.1 Å². The molecule has 9 heteroatoms. The molecular formula is C27H22N2O7. The fourth-order valence-corrected chi connectivity index (χ4v) is 3.70. The van der Waals surface area contributed by atoms with Crippen molar-refractivity contribution in [3.05, 3.63) is 95.1 Å². The first-order valence-corrected chi connectivity index (χ1v) is 11.1. The van der Waals surface area contributed by atoms with E-state index >= 15 is 0 Å². The Morgan fingerprint density at radius 1 is 0.750 bits per heavy atom. The van der Waals surface area contributed by atoms with Gasteiger partial charge in [-0.25, -0.2) is 4.79 Å². The Morgan fingerprint density at radius 3 is 2.11 bits per heavy atom. The zero-order chi connectivity index (χ0) is 25.7. The number of nitrogens with one attached hydrogen (secondary N) is 2. The van der Waals surface area contributed by atoms with Crippen LogP contribution in [0.1, 0.15) is 38.8 Å². The number of hydrogen-bond acceptors (Lipinski definition) is 7. The molecule has 0 unspecified atom stereocenters. The third-order valence-corrected chi connectivity index (χ3v) is 5.42. The van der Waals surface area contributed by atoms with E-state index in [4.69, 9.17) is 9.47 Å². The van der Waals surface area contributed by atoms with E-state index in [0.29, 0.717) is 11.3 Å². The van der Waals surface area contributed by atoms with Crippen molar-refractivity contribution in [3.8, 4) is 5.75 Å². The van der Waals surface area contributed by atoms with Crippen molar-refractivity contribution in [1.29, 1.82) is 0 Å². The topological polar surface area (TPSA) is 128 Å². The van der Waals surface area contributed by atoms with Gasteiger partial charge >= 0.3 is 5.97 Å². The Labute approximate surface area is 206 Å². The molecular weight excluding hydrogens is 464 g/mol. The van der Waals surface area contributed by atoms with Crippen LogP contribution in [-0.2, 0) is 19.1 Å². The highest BCUT2D eigenvalue weighted by Gasteiger charge is 2.31. The molecule has 0 saturated carbocycles. The summed E-state index contributed by atoms with van der Waals surface area (Å²) in [5.41, 5.74) is 0.963. The molecule has 0 spiro atoms. The molecule has 2 amide bonds. The molecule has 0 bridgehead atoms. The van der Waals surface area contributed by atoms with Crippen molar-refractivity contribution in [2.24, 2.45) is 0 Å². The number of fused-ring (bicyclic) bond motifs is 2. The zero-order valence-electron chi connectivity index (χ0n) is 19.3. The summed E-state index contributed by atoms with van der Waals surface area (Å²) < 4.78 is 10.3. The van der Waals surface area contributed by atoms with Crippen molar-refractivity contribution < 1.29 is 33.4 Å². The molecule has 3 aromatic rings. The lowest BCUT2D eigenvalue weighted by Crippen LogP contribution is -2.42. The number of benzene rings is 3. The highest BCUT2D eigenvalue weighted by Crippen LogP contribution is 2.31. The lowest BCUT2D eigenvalue weighted by Gasteiger charge is -2.20. The smallest absolute Gasteiger partial charge is 0.328 e. The Kier molecular flexibility index (Phi) is 7.20. The summed E-state index contributed by atoms with van der Waals surface area (Å²) in [6.45, 7) is 0.467. The van der Waals surface area contributed by atoms with E-state index in [1.165, 1.54) is 19.1 Å². The molecule has 36 heavy (non-hydrogen) atoms. The van der Waals surface area contributed by atoms with Crippen molar-refractivity contribution in [2.75, 3.05) is 18.5 Å². The monoisotopic (exact) mass is 486 g/mol. The van der Waals surface area contributed by atoms with Crippen molar-refractivity contribution in [1.82, 2.24) is 5.32 Å². The zero-order valence-corrected chi connectivity index (χ0v) is 19.3. The van der Waals surface area contributed by atoms with Gasteiger partial charge in [0.15, 0.2) is 24.8 Å². The van der Waals surface area contributed by atoms with Crippen molar-refractivity contribution >= 4 is 35.0 Å². The van der Waals surface area contributed by atoms with Crippen LogP contribution in [0.25, 0.3) is 0 Å². The number of carbonyl (C=O) groups excluding carboxylic acids is 5. The second kappa shape index (κ2) is 10.6. The van der Waals surface area contributed by atoms with Crippen LogP contribution in [0.5, 0.6) is 5.75 Å². The van der Waals surface area contributed by atoms with Crippen LogP contribution in [0.4, 0.5) is 5.69 Å². The summed E-state index contributed by atoms with van der Waals surface area (Å²) in [5, 5.41) is 4.96. The number of ketones is 2. The molecule has 0 fully saturated rings. The standard InChI is InChI=1S/C27H22N2O7/c1-16(28-22(30)14-35-17-8-3-2-4-9-17)27(34)36-15-23(31)29-21-13-7-12-20-24(21)26(33)19-11-6-5-10-18(19)25(20)32/h2-13,16H,14-15H2,1H3,(H,28,30)(H,29,31)/t16-/m0/s1. The molecule has 1 aliphatic rings. The molecule has 0 aliphatic heterocycles. The summed E-state index contributed by atoms with van der Waals surface area (Å²) in [6, 6.07) is 18.7. The maximum absolute atomic E-state index is 13.0. The highest BCUT2D eigenvalue weighted by molar-refractivity contribution is 6.30. The van der Waals surface area contributed by atoms with E-state index in [1.54, 1.807) is 54.6 Å². The van der Waals surface area contributed by atoms with E-state index in [9.17, 15) is 24.0 Å².